The van der Waals surface area contributed by atoms with Gasteiger partial charge in [0.15, 0.2) is 0 Å². The fraction of sp³-hybridized carbons (Fsp3) is 0. The van der Waals surface area contributed by atoms with E-state index in [-0.39, 0.29) is 16.7 Å². The van der Waals surface area contributed by atoms with Crippen LogP contribution in [0.2, 0.25) is 0 Å². The molecule has 0 saturated carbocycles. The molecule has 0 amide bonds. The summed E-state index contributed by atoms with van der Waals surface area (Å²) in [6, 6.07) is 0. The lowest BCUT2D eigenvalue weighted by atomic mass is 11.0. The van der Waals surface area contributed by atoms with E-state index in [2.05, 4.69) is 4.98 Å². The molecule has 0 spiro atoms. The number of hydrogen-bond donors (Lipinski definition) is 1. The number of hydrogen-bond acceptors (Lipinski definition) is 4. The van der Waals surface area contributed by atoms with Gasteiger partial charge in [0.25, 0.3) is 10.0 Å². The van der Waals surface area contributed by atoms with E-state index in [1.54, 1.807) is 5.38 Å². The van der Waals surface area contributed by atoms with Crippen LogP contribution < -0.4 is 5.14 Å². The highest BCUT2D eigenvalue weighted by Gasteiger charge is 2.08. The second-order valence-electron chi connectivity index (χ2n) is 1.34. The monoisotopic (exact) mass is 200 g/mol. The first-order valence-corrected chi connectivity index (χ1v) is 4.45. The standard InChI is InChI=1S/C3H4N2O2S2.ClH/c4-9(6,7)3-5-1-2-8-3;/h1-2H,(H2,4,6,7);1H. The smallest absolute Gasteiger partial charge is 0.233 e. The van der Waals surface area contributed by atoms with Gasteiger partial charge in [0.2, 0.25) is 4.34 Å². The Hall–Kier alpha value is -0.170. The second-order valence-corrected chi connectivity index (χ2v) is 3.97. The third-order valence-corrected chi connectivity index (χ3v) is 2.80. The van der Waals surface area contributed by atoms with Gasteiger partial charge < -0.3 is 0 Å². The summed E-state index contributed by atoms with van der Waals surface area (Å²) in [7, 11) is -3.55. The molecule has 0 saturated heterocycles. The van der Waals surface area contributed by atoms with Crippen LogP contribution in [-0.4, -0.2) is 13.4 Å². The molecule has 0 fully saturated rings. The molecule has 0 aliphatic heterocycles. The maximum Gasteiger partial charge on any atom is 0.265 e. The van der Waals surface area contributed by atoms with Crippen LogP contribution in [-0.2, 0) is 10.0 Å². The van der Waals surface area contributed by atoms with Crippen molar-refractivity contribution in [3.05, 3.63) is 11.6 Å². The minimum absolute atomic E-state index is 0. The van der Waals surface area contributed by atoms with Crippen molar-refractivity contribution in [1.29, 1.82) is 0 Å². The van der Waals surface area contributed by atoms with Gasteiger partial charge in [-0.15, -0.1) is 23.7 Å². The average molecular weight is 201 g/mol. The first-order chi connectivity index (χ1) is 4.11. The van der Waals surface area contributed by atoms with Gasteiger partial charge in [-0.05, 0) is 0 Å². The lowest BCUT2D eigenvalue weighted by Gasteiger charge is -1.84. The largest absolute Gasteiger partial charge is 0.265 e. The molecule has 1 heterocycles. The lowest BCUT2D eigenvalue weighted by molar-refractivity contribution is 0.597. The van der Waals surface area contributed by atoms with Gasteiger partial charge >= 0.3 is 0 Å². The van der Waals surface area contributed by atoms with Gasteiger partial charge in [0.1, 0.15) is 0 Å². The van der Waals surface area contributed by atoms with Crippen molar-refractivity contribution >= 4 is 33.8 Å². The van der Waals surface area contributed by atoms with Crippen LogP contribution >= 0.6 is 23.7 Å². The summed E-state index contributed by atoms with van der Waals surface area (Å²) in [5, 5.41) is 6.28. The van der Waals surface area contributed by atoms with Crippen LogP contribution in [0.3, 0.4) is 0 Å². The highest BCUT2D eigenvalue weighted by Crippen LogP contribution is 2.07. The Labute approximate surface area is 68.5 Å². The zero-order valence-electron chi connectivity index (χ0n) is 4.72. The van der Waals surface area contributed by atoms with Crippen molar-refractivity contribution in [3.63, 3.8) is 0 Å². The molecule has 1 rings (SSSR count). The fourth-order valence-electron chi connectivity index (χ4n) is 0.351. The second kappa shape index (κ2) is 3.29. The molecule has 0 bridgehead atoms. The number of rotatable bonds is 1. The molecule has 0 atom stereocenters. The number of sulfonamides is 1. The summed E-state index contributed by atoms with van der Waals surface area (Å²) in [5.41, 5.74) is 0. The molecule has 2 N–H and O–H groups in total. The first-order valence-electron chi connectivity index (χ1n) is 2.03. The SMILES string of the molecule is Cl.NS(=O)(=O)c1nccs1. The van der Waals surface area contributed by atoms with Gasteiger partial charge in [-0.2, -0.15) is 0 Å². The molecule has 7 heteroatoms. The number of aromatic nitrogens is 1. The number of halogens is 1. The van der Waals surface area contributed by atoms with Crippen LogP contribution in [0.25, 0.3) is 0 Å². The molecule has 4 nitrogen and oxygen atoms in total. The molecule has 1 aromatic rings. The van der Waals surface area contributed by atoms with Crippen molar-refractivity contribution in [1.82, 2.24) is 4.98 Å². The maximum absolute atomic E-state index is 10.4. The van der Waals surface area contributed by atoms with Gasteiger partial charge in [0.05, 0.1) is 0 Å². The topological polar surface area (TPSA) is 73.1 Å². The highest BCUT2D eigenvalue weighted by molar-refractivity contribution is 7.91. The van der Waals surface area contributed by atoms with Crippen LogP contribution in [0.5, 0.6) is 0 Å². The number of nitrogens with zero attached hydrogens (tertiary/aromatic N) is 1. The fourth-order valence-corrected chi connectivity index (χ4v) is 1.62. The Morgan fingerprint density at radius 1 is 1.60 bits per heavy atom. The summed E-state index contributed by atoms with van der Waals surface area (Å²) >= 11 is 1.01. The Kier molecular flexibility index (Phi) is 3.23. The quantitative estimate of drug-likeness (QED) is 0.705. The van der Waals surface area contributed by atoms with Crippen molar-refractivity contribution in [2.45, 2.75) is 4.34 Å². The van der Waals surface area contributed by atoms with E-state index < -0.39 is 10.0 Å². The predicted molar refractivity (Wildman–Crippen MR) is 40.7 cm³/mol. The van der Waals surface area contributed by atoms with E-state index in [1.807, 2.05) is 0 Å². The van der Waals surface area contributed by atoms with Crippen LogP contribution in [0, 0.1) is 0 Å². The molecular formula is C3H5ClN2O2S2. The molecule has 0 aromatic carbocycles. The first kappa shape index (κ1) is 9.83. The summed E-state index contributed by atoms with van der Waals surface area (Å²) in [4.78, 5) is 3.49. The molecular weight excluding hydrogens is 196 g/mol. The van der Waals surface area contributed by atoms with E-state index in [4.69, 9.17) is 5.14 Å². The third-order valence-electron chi connectivity index (χ3n) is 0.653. The zero-order chi connectivity index (χ0) is 6.91. The summed E-state index contributed by atoms with van der Waals surface area (Å²) in [5.74, 6) is 0. The molecule has 1 aromatic heterocycles. The average Bonchev–Trinajstić information content (AvgIpc) is 2.08. The third kappa shape index (κ3) is 2.22. The Balaban J connectivity index is 0.000000810. The van der Waals surface area contributed by atoms with E-state index >= 15 is 0 Å². The minimum Gasteiger partial charge on any atom is -0.233 e. The number of thiazole rings is 1. The normalized spacial score (nSPS) is 10.5. The highest BCUT2D eigenvalue weighted by atomic mass is 35.5. The van der Waals surface area contributed by atoms with Crippen molar-refractivity contribution in [3.8, 4) is 0 Å². The molecule has 0 radical (unpaired) electrons. The Bertz CT molecular complexity index is 279. The molecule has 0 aliphatic rings. The maximum atomic E-state index is 10.4. The molecule has 0 unspecified atom stereocenters. The van der Waals surface area contributed by atoms with Crippen LogP contribution in [0.15, 0.2) is 15.9 Å². The van der Waals surface area contributed by atoms with E-state index in [9.17, 15) is 8.42 Å². The Morgan fingerprint density at radius 2 is 2.20 bits per heavy atom. The predicted octanol–water partition coefficient (Wildman–Crippen LogP) is 0.212. The van der Waals surface area contributed by atoms with E-state index in [1.165, 1.54) is 6.20 Å². The lowest BCUT2D eigenvalue weighted by Crippen LogP contribution is -2.11. The molecule has 58 valence electrons. The summed E-state index contributed by atoms with van der Waals surface area (Å²) in [6.45, 7) is 0. The number of primary sulfonamides is 1. The van der Waals surface area contributed by atoms with Crippen molar-refractivity contribution < 1.29 is 8.42 Å². The van der Waals surface area contributed by atoms with E-state index in [0.717, 1.165) is 11.3 Å². The van der Waals surface area contributed by atoms with Crippen molar-refractivity contribution in [2.75, 3.05) is 0 Å². The van der Waals surface area contributed by atoms with Gasteiger partial charge in [-0.25, -0.2) is 18.5 Å². The zero-order valence-corrected chi connectivity index (χ0v) is 7.17. The van der Waals surface area contributed by atoms with Crippen LogP contribution in [0.1, 0.15) is 0 Å². The van der Waals surface area contributed by atoms with Gasteiger partial charge in [-0.1, -0.05) is 0 Å². The van der Waals surface area contributed by atoms with Gasteiger partial charge in [-0.3, -0.25) is 0 Å². The minimum atomic E-state index is -3.55. The van der Waals surface area contributed by atoms with E-state index in [0.29, 0.717) is 0 Å². The molecule has 0 aliphatic carbocycles. The summed E-state index contributed by atoms with van der Waals surface area (Å²) in [6.07, 6.45) is 1.39. The number of nitrogens with two attached hydrogens (primary N) is 1. The van der Waals surface area contributed by atoms with Crippen LogP contribution in [0.4, 0.5) is 0 Å². The molecule has 10 heavy (non-hydrogen) atoms. The van der Waals surface area contributed by atoms with Gasteiger partial charge in [0, 0.05) is 11.6 Å². The van der Waals surface area contributed by atoms with Crippen molar-refractivity contribution in [2.24, 2.45) is 5.14 Å². The Morgan fingerprint density at radius 3 is 2.40 bits per heavy atom. The summed E-state index contributed by atoms with van der Waals surface area (Å²) < 4.78 is 20.8.